The molecule has 26 heavy (non-hydrogen) atoms. The lowest BCUT2D eigenvalue weighted by Gasteiger charge is -2.09. The van der Waals surface area contributed by atoms with Gasteiger partial charge in [0.25, 0.3) is 10.0 Å². The fraction of sp³-hybridized carbons (Fsp3) is 0.118. The number of anilines is 2. The first-order chi connectivity index (χ1) is 12.4. The van der Waals surface area contributed by atoms with Gasteiger partial charge in [-0.15, -0.1) is 0 Å². The summed E-state index contributed by atoms with van der Waals surface area (Å²) in [6.45, 7) is 3.61. The van der Waals surface area contributed by atoms with Crippen molar-refractivity contribution in [2.75, 3.05) is 10.1 Å². The summed E-state index contributed by atoms with van der Waals surface area (Å²) in [5, 5.41) is 3.99. The molecule has 0 aliphatic rings. The molecular weight excluding hydrogens is 354 g/mol. The first kappa shape index (κ1) is 17.6. The van der Waals surface area contributed by atoms with Crippen molar-refractivity contribution < 1.29 is 12.8 Å². The van der Waals surface area contributed by atoms with Crippen molar-refractivity contribution >= 4 is 28.0 Å². The zero-order valence-corrected chi connectivity index (χ0v) is 15.0. The average Bonchev–Trinajstić information content (AvgIpc) is 3.07. The highest BCUT2D eigenvalue weighted by Crippen LogP contribution is 2.16. The van der Waals surface area contributed by atoms with Gasteiger partial charge in [-0.05, 0) is 38.1 Å². The second kappa shape index (κ2) is 7.36. The van der Waals surface area contributed by atoms with Gasteiger partial charge in [-0.25, -0.2) is 18.1 Å². The zero-order chi connectivity index (χ0) is 18.6. The summed E-state index contributed by atoms with van der Waals surface area (Å²) in [6, 6.07) is 11.6. The van der Waals surface area contributed by atoms with Crippen LogP contribution >= 0.6 is 0 Å². The van der Waals surface area contributed by atoms with E-state index < -0.39 is 10.0 Å². The first-order valence-electron chi connectivity index (χ1n) is 7.70. The summed E-state index contributed by atoms with van der Waals surface area (Å²) in [4.78, 5) is 8.37. The molecule has 3 rings (SSSR count). The molecule has 2 N–H and O–H groups in total. The van der Waals surface area contributed by atoms with E-state index in [1.165, 1.54) is 24.6 Å². The third-order valence-corrected chi connectivity index (χ3v) is 4.67. The van der Waals surface area contributed by atoms with Gasteiger partial charge in [0.1, 0.15) is 5.76 Å². The van der Waals surface area contributed by atoms with Crippen molar-refractivity contribution in [3.63, 3.8) is 0 Å². The van der Waals surface area contributed by atoms with Crippen LogP contribution in [0.3, 0.4) is 0 Å². The molecule has 2 heterocycles. The number of aromatic nitrogens is 2. The van der Waals surface area contributed by atoms with Crippen molar-refractivity contribution in [3.05, 3.63) is 65.7 Å². The van der Waals surface area contributed by atoms with Crippen LogP contribution < -0.4 is 10.1 Å². The normalized spacial score (nSPS) is 11.6. The molecule has 8 nitrogen and oxygen atoms in total. The van der Waals surface area contributed by atoms with Crippen molar-refractivity contribution in [2.45, 2.75) is 18.7 Å². The Morgan fingerprint density at radius 1 is 1.12 bits per heavy atom. The van der Waals surface area contributed by atoms with Gasteiger partial charge in [0.05, 0.1) is 17.4 Å². The second-order valence-electron chi connectivity index (χ2n) is 5.52. The van der Waals surface area contributed by atoms with Gasteiger partial charge in [0.15, 0.2) is 5.82 Å². The maximum Gasteiger partial charge on any atom is 0.264 e. The number of hydrogen-bond acceptors (Lipinski definition) is 7. The Kier molecular flexibility index (Phi) is 4.99. The van der Waals surface area contributed by atoms with Crippen LogP contribution in [0.25, 0.3) is 0 Å². The Bertz CT molecular complexity index is 1010. The fourth-order valence-electron chi connectivity index (χ4n) is 2.09. The Hall–Kier alpha value is -3.20. The number of nitrogens with zero attached hydrogens (tertiary/aromatic N) is 3. The van der Waals surface area contributed by atoms with Gasteiger partial charge in [0, 0.05) is 11.8 Å². The molecular formula is C17H17N5O3S. The Balaban J connectivity index is 1.77. The molecule has 0 atom stereocenters. The fourth-order valence-corrected chi connectivity index (χ4v) is 3.04. The number of sulfonamides is 1. The highest BCUT2D eigenvalue weighted by atomic mass is 32.2. The lowest BCUT2D eigenvalue weighted by atomic mass is 10.2. The molecule has 2 aromatic heterocycles. The number of nitrogens with one attached hydrogen (secondary N) is 2. The van der Waals surface area contributed by atoms with Gasteiger partial charge >= 0.3 is 0 Å². The Morgan fingerprint density at radius 2 is 1.88 bits per heavy atom. The van der Waals surface area contributed by atoms with Crippen molar-refractivity contribution in [1.29, 1.82) is 0 Å². The smallest absolute Gasteiger partial charge is 0.264 e. The predicted octanol–water partition coefficient (Wildman–Crippen LogP) is 2.93. The van der Waals surface area contributed by atoms with E-state index in [9.17, 15) is 8.42 Å². The van der Waals surface area contributed by atoms with E-state index in [0.717, 1.165) is 5.56 Å². The molecule has 0 saturated carbocycles. The molecule has 0 saturated heterocycles. The van der Waals surface area contributed by atoms with Crippen molar-refractivity contribution in [2.24, 2.45) is 5.10 Å². The molecule has 134 valence electrons. The molecule has 0 radical (unpaired) electrons. The molecule has 1 aromatic carbocycles. The van der Waals surface area contributed by atoms with Gasteiger partial charge in [0.2, 0.25) is 5.95 Å². The van der Waals surface area contributed by atoms with E-state index in [2.05, 4.69) is 25.2 Å². The molecule has 9 heteroatoms. The van der Waals surface area contributed by atoms with E-state index in [1.807, 2.05) is 6.92 Å². The predicted molar refractivity (Wildman–Crippen MR) is 98.7 cm³/mol. The van der Waals surface area contributed by atoms with Crippen LogP contribution in [-0.2, 0) is 10.0 Å². The maximum atomic E-state index is 12.5. The van der Waals surface area contributed by atoms with Crippen molar-refractivity contribution in [1.82, 2.24) is 9.97 Å². The quantitative estimate of drug-likeness (QED) is 0.509. The number of hydrogen-bond donors (Lipinski definition) is 2. The van der Waals surface area contributed by atoms with E-state index in [-0.39, 0.29) is 10.8 Å². The standard InChI is InChI=1S/C17H17N5O3S/c1-12-5-7-15(8-6-12)26(23,24)22-17-19-13(2)10-16(20-17)21-18-11-14-4-3-9-25-14/h3-11H,1-2H3,(H2,19,20,21,22)/b18-11-. The number of benzene rings is 1. The van der Waals surface area contributed by atoms with Gasteiger partial charge in [-0.3, -0.25) is 5.43 Å². The summed E-state index contributed by atoms with van der Waals surface area (Å²) in [5.41, 5.74) is 4.27. The van der Waals surface area contributed by atoms with Crippen LogP contribution in [0, 0.1) is 13.8 Å². The number of rotatable bonds is 6. The number of hydrazone groups is 1. The number of furan rings is 1. The van der Waals surface area contributed by atoms with E-state index in [1.54, 1.807) is 37.3 Å². The van der Waals surface area contributed by atoms with Crippen LogP contribution in [0.1, 0.15) is 17.0 Å². The first-order valence-corrected chi connectivity index (χ1v) is 9.18. The molecule has 3 aromatic rings. The third kappa shape index (κ3) is 4.45. The molecule has 0 spiro atoms. The van der Waals surface area contributed by atoms with Gasteiger partial charge in [-0.1, -0.05) is 17.7 Å². The highest BCUT2D eigenvalue weighted by molar-refractivity contribution is 7.92. The summed E-state index contributed by atoms with van der Waals surface area (Å²) in [5.74, 6) is 0.881. The SMILES string of the molecule is Cc1ccc(S(=O)(=O)Nc2nc(C)cc(N/N=C\c3ccco3)n2)cc1. The minimum Gasteiger partial charge on any atom is -0.463 e. The summed E-state index contributed by atoms with van der Waals surface area (Å²) in [6.07, 6.45) is 3.02. The van der Waals surface area contributed by atoms with Gasteiger partial charge in [-0.2, -0.15) is 10.1 Å². The monoisotopic (exact) mass is 371 g/mol. The zero-order valence-electron chi connectivity index (χ0n) is 14.2. The lowest BCUT2D eigenvalue weighted by molar-refractivity contribution is 0.560. The van der Waals surface area contributed by atoms with Crippen LogP contribution in [-0.4, -0.2) is 24.6 Å². The Labute approximate surface area is 151 Å². The van der Waals surface area contributed by atoms with E-state index >= 15 is 0 Å². The molecule has 0 aliphatic carbocycles. The third-order valence-electron chi connectivity index (χ3n) is 3.33. The summed E-state index contributed by atoms with van der Waals surface area (Å²) < 4.78 is 32.4. The molecule has 0 unspecified atom stereocenters. The largest absolute Gasteiger partial charge is 0.463 e. The number of aryl methyl sites for hydroxylation is 2. The lowest BCUT2D eigenvalue weighted by Crippen LogP contribution is -2.15. The van der Waals surface area contributed by atoms with Crippen LogP contribution in [0.5, 0.6) is 0 Å². The summed E-state index contributed by atoms with van der Waals surface area (Å²) in [7, 11) is -3.78. The minimum atomic E-state index is -3.78. The van der Waals surface area contributed by atoms with Gasteiger partial charge < -0.3 is 4.42 Å². The Morgan fingerprint density at radius 3 is 2.58 bits per heavy atom. The van der Waals surface area contributed by atoms with Crippen LogP contribution in [0.15, 0.2) is 63.1 Å². The molecule has 0 bridgehead atoms. The summed E-state index contributed by atoms with van der Waals surface area (Å²) >= 11 is 0. The second-order valence-corrected chi connectivity index (χ2v) is 7.20. The molecule has 0 amide bonds. The highest BCUT2D eigenvalue weighted by Gasteiger charge is 2.16. The van der Waals surface area contributed by atoms with Crippen molar-refractivity contribution in [3.8, 4) is 0 Å². The van der Waals surface area contributed by atoms with E-state index in [0.29, 0.717) is 17.3 Å². The topological polar surface area (TPSA) is 109 Å². The van der Waals surface area contributed by atoms with E-state index in [4.69, 9.17) is 4.42 Å². The average molecular weight is 371 g/mol. The van der Waals surface area contributed by atoms with Crippen LogP contribution in [0.4, 0.5) is 11.8 Å². The minimum absolute atomic E-state index is 0.0405. The molecule has 0 aliphatic heterocycles. The maximum absolute atomic E-state index is 12.5. The molecule has 0 fully saturated rings. The van der Waals surface area contributed by atoms with Crippen LogP contribution in [0.2, 0.25) is 0 Å².